The number of nitro benzene ring substituents is 1. The van der Waals surface area contributed by atoms with E-state index in [1.165, 1.54) is 24.3 Å². The number of carbonyl (C=O) groups is 1. The lowest BCUT2D eigenvalue weighted by Crippen LogP contribution is -2.44. The van der Waals surface area contributed by atoms with Gasteiger partial charge in [-0.1, -0.05) is 91.0 Å². The number of carbonyl (C=O) groups excluding carboxylic acids is 1. The van der Waals surface area contributed by atoms with Gasteiger partial charge in [-0.05, 0) is 35.2 Å². The van der Waals surface area contributed by atoms with Crippen molar-refractivity contribution in [3.8, 4) is 5.75 Å². The van der Waals surface area contributed by atoms with E-state index in [0.29, 0.717) is 19.5 Å². The highest BCUT2D eigenvalue weighted by atomic mass is 16.6. The summed E-state index contributed by atoms with van der Waals surface area (Å²) >= 11 is 0. The van der Waals surface area contributed by atoms with E-state index in [-0.39, 0.29) is 11.4 Å². The van der Waals surface area contributed by atoms with Crippen LogP contribution in [0.1, 0.15) is 16.7 Å². The van der Waals surface area contributed by atoms with Crippen molar-refractivity contribution >= 4 is 11.7 Å². The first-order valence-electron chi connectivity index (χ1n) is 11.4. The lowest BCUT2D eigenvalue weighted by molar-refractivity contribution is -0.384. The van der Waals surface area contributed by atoms with E-state index in [2.05, 4.69) is 4.90 Å². The molecule has 4 aromatic carbocycles. The normalized spacial score (nSPS) is 11.7. The molecular weight excluding hydrogens is 440 g/mol. The maximum absolute atomic E-state index is 13.6. The fraction of sp³-hybridized carbons (Fsp3) is 0.138. The minimum absolute atomic E-state index is 0.0552. The van der Waals surface area contributed by atoms with E-state index >= 15 is 0 Å². The standard InChI is InChI=1S/C29H26N2O4/c32-29(35-27-18-16-26(17-19-27)31(33)34)28(20-23-10-4-1-5-11-23)30(21-24-12-6-2-7-13-24)22-25-14-8-3-9-15-25/h1-19,28H,20-22H2/t28-/m0/s1. The van der Waals surface area contributed by atoms with Crippen LogP contribution >= 0.6 is 0 Å². The molecule has 0 unspecified atom stereocenters. The Morgan fingerprint density at radius 2 is 1.17 bits per heavy atom. The van der Waals surface area contributed by atoms with Crippen molar-refractivity contribution in [2.24, 2.45) is 0 Å². The van der Waals surface area contributed by atoms with E-state index < -0.39 is 16.9 Å². The summed E-state index contributed by atoms with van der Waals surface area (Å²) in [6.07, 6.45) is 0.465. The molecule has 0 amide bonds. The van der Waals surface area contributed by atoms with Gasteiger partial charge in [-0.25, -0.2) is 4.79 Å². The van der Waals surface area contributed by atoms with Gasteiger partial charge in [0.05, 0.1) is 4.92 Å². The molecule has 0 saturated carbocycles. The number of hydrogen-bond donors (Lipinski definition) is 0. The highest BCUT2D eigenvalue weighted by molar-refractivity contribution is 5.78. The van der Waals surface area contributed by atoms with Crippen molar-refractivity contribution in [1.29, 1.82) is 0 Å². The Labute approximate surface area is 204 Å². The largest absolute Gasteiger partial charge is 0.425 e. The lowest BCUT2D eigenvalue weighted by Gasteiger charge is -2.30. The van der Waals surface area contributed by atoms with Gasteiger partial charge in [-0.3, -0.25) is 15.0 Å². The second-order valence-electron chi connectivity index (χ2n) is 8.25. The van der Waals surface area contributed by atoms with Gasteiger partial charge in [0.25, 0.3) is 5.69 Å². The Kier molecular flexibility index (Phi) is 7.99. The minimum Gasteiger partial charge on any atom is -0.425 e. The van der Waals surface area contributed by atoms with Crippen LogP contribution in [0.4, 0.5) is 5.69 Å². The van der Waals surface area contributed by atoms with Gasteiger partial charge in [0.2, 0.25) is 0 Å². The van der Waals surface area contributed by atoms with Crippen LogP contribution < -0.4 is 4.74 Å². The predicted molar refractivity (Wildman–Crippen MR) is 135 cm³/mol. The van der Waals surface area contributed by atoms with Crippen LogP contribution in [0.25, 0.3) is 0 Å². The molecule has 4 rings (SSSR count). The third kappa shape index (κ3) is 6.85. The molecule has 0 fully saturated rings. The molecule has 0 heterocycles. The summed E-state index contributed by atoms with van der Waals surface area (Å²) in [6, 6.07) is 34.9. The Hall–Kier alpha value is -4.29. The van der Waals surface area contributed by atoms with Gasteiger partial charge in [-0.2, -0.15) is 0 Å². The van der Waals surface area contributed by atoms with Crippen molar-refractivity contribution in [2.75, 3.05) is 0 Å². The number of rotatable bonds is 10. The van der Waals surface area contributed by atoms with Gasteiger partial charge in [0, 0.05) is 25.2 Å². The topological polar surface area (TPSA) is 72.7 Å². The summed E-state index contributed by atoms with van der Waals surface area (Å²) in [7, 11) is 0. The molecule has 0 aliphatic carbocycles. The quantitative estimate of drug-likeness (QED) is 0.128. The van der Waals surface area contributed by atoms with Gasteiger partial charge in [-0.15, -0.1) is 0 Å². The van der Waals surface area contributed by atoms with Crippen LogP contribution in [-0.4, -0.2) is 21.8 Å². The predicted octanol–water partition coefficient (Wildman–Crippen LogP) is 5.81. The van der Waals surface area contributed by atoms with Crippen LogP contribution in [0.3, 0.4) is 0 Å². The molecule has 0 bridgehead atoms. The zero-order valence-electron chi connectivity index (χ0n) is 19.2. The summed E-state index contributed by atoms with van der Waals surface area (Å²) in [6.45, 7) is 1.12. The van der Waals surface area contributed by atoms with Crippen molar-refractivity contribution in [3.05, 3.63) is 142 Å². The third-order valence-electron chi connectivity index (χ3n) is 5.71. The SMILES string of the molecule is O=C(Oc1ccc([N+](=O)[O-])cc1)[C@H](Cc1ccccc1)N(Cc1ccccc1)Cc1ccccc1. The molecule has 4 aromatic rings. The molecule has 0 spiro atoms. The molecule has 0 radical (unpaired) electrons. The molecule has 0 saturated heterocycles. The van der Waals surface area contributed by atoms with Gasteiger partial charge < -0.3 is 4.74 Å². The van der Waals surface area contributed by atoms with Gasteiger partial charge in [0.1, 0.15) is 11.8 Å². The van der Waals surface area contributed by atoms with Crippen molar-refractivity contribution < 1.29 is 14.5 Å². The molecule has 1 atom stereocenters. The average molecular weight is 467 g/mol. The van der Waals surface area contributed by atoms with E-state index in [9.17, 15) is 14.9 Å². The Balaban J connectivity index is 1.64. The highest BCUT2D eigenvalue weighted by Crippen LogP contribution is 2.22. The average Bonchev–Trinajstić information content (AvgIpc) is 2.89. The van der Waals surface area contributed by atoms with E-state index in [1.54, 1.807) is 0 Å². The summed E-state index contributed by atoms with van der Waals surface area (Å²) in [5.41, 5.74) is 3.14. The Bertz CT molecular complexity index is 1190. The fourth-order valence-electron chi connectivity index (χ4n) is 3.93. The molecule has 6 nitrogen and oxygen atoms in total. The maximum Gasteiger partial charge on any atom is 0.329 e. The molecule has 176 valence electrons. The zero-order chi connectivity index (χ0) is 24.5. The molecule has 0 aliphatic rings. The summed E-state index contributed by atoms with van der Waals surface area (Å²) in [5, 5.41) is 11.0. The van der Waals surface area contributed by atoms with E-state index in [4.69, 9.17) is 4.74 Å². The first-order valence-corrected chi connectivity index (χ1v) is 11.4. The summed E-state index contributed by atoms with van der Waals surface area (Å²) < 4.78 is 5.74. The van der Waals surface area contributed by atoms with Crippen LogP contribution in [0, 0.1) is 10.1 Å². The highest BCUT2D eigenvalue weighted by Gasteiger charge is 2.29. The van der Waals surface area contributed by atoms with Crippen LogP contribution in [-0.2, 0) is 24.3 Å². The number of non-ortho nitro benzene ring substituents is 1. The van der Waals surface area contributed by atoms with Gasteiger partial charge >= 0.3 is 5.97 Å². The van der Waals surface area contributed by atoms with Crippen molar-refractivity contribution in [2.45, 2.75) is 25.6 Å². The second kappa shape index (κ2) is 11.7. The third-order valence-corrected chi connectivity index (χ3v) is 5.71. The molecular formula is C29H26N2O4. The number of nitrogens with zero attached hydrogens (tertiary/aromatic N) is 2. The smallest absolute Gasteiger partial charge is 0.329 e. The van der Waals surface area contributed by atoms with Crippen LogP contribution in [0.5, 0.6) is 5.75 Å². The maximum atomic E-state index is 13.6. The fourth-order valence-corrected chi connectivity index (χ4v) is 3.93. The molecule has 6 heteroatoms. The number of benzene rings is 4. The Morgan fingerprint density at radius 3 is 1.63 bits per heavy atom. The molecule has 0 aliphatic heterocycles. The zero-order valence-corrected chi connectivity index (χ0v) is 19.2. The summed E-state index contributed by atoms with van der Waals surface area (Å²) in [5.74, 6) is -0.132. The number of ether oxygens (including phenoxy) is 1. The molecule has 0 aromatic heterocycles. The first kappa shape index (κ1) is 23.9. The van der Waals surface area contributed by atoms with Crippen molar-refractivity contribution in [3.63, 3.8) is 0 Å². The number of nitro groups is 1. The van der Waals surface area contributed by atoms with Crippen LogP contribution in [0.15, 0.2) is 115 Å². The lowest BCUT2D eigenvalue weighted by atomic mass is 10.0. The monoisotopic (exact) mass is 466 g/mol. The van der Waals surface area contributed by atoms with Gasteiger partial charge in [0.15, 0.2) is 0 Å². The van der Waals surface area contributed by atoms with Crippen LogP contribution in [0.2, 0.25) is 0 Å². The second-order valence-corrected chi connectivity index (χ2v) is 8.25. The summed E-state index contributed by atoms with van der Waals surface area (Å²) in [4.78, 5) is 26.2. The van der Waals surface area contributed by atoms with E-state index in [0.717, 1.165) is 16.7 Å². The first-order chi connectivity index (χ1) is 17.1. The Morgan fingerprint density at radius 1 is 0.714 bits per heavy atom. The minimum atomic E-state index is -0.576. The van der Waals surface area contributed by atoms with Crippen molar-refractivity contribution in [1.82, 2.24) is 4.90 Å². The van der Waals surface area contributed by atoms with E-state index in [1.807, 2.05) is 91.0 Å². The number of hydrogen-bond acceptors (Lipinski definition) is 5. The molecule has 0 N–H and O–H groups in total. The number of esters is 1. The molecule has 35 heavy (non-hydrogen) atoms.